The molecule has 0 heterocycles. The van der Waals surface area contributed by atoms with Crippen molar-refractivity contribution in [2.75, 3.05) is 19.8 Å². The number of nitrogens with one attached hydrogen (secondary N) is 1. The maximum Gasteiger partial charge on any atom is 0.244 e. The zero-order valence-corrected chi connectivity index (χ0v) is 15.7. The van der Waals surface area contributed by atoms with E-state index < -0.39 is 0 Å². The predicted molar refractivity (Wildman–Crippen MR) is 106 cm³/mol. The van der Waals surface area contributed by atoms with Crippen LogP contribution in [0.4, 0.5) is 0 Å². The summed E-state index contributed by atoms with van der Waals surface area (Å²) in [4.78, 5) is 11.9. The van der Waals surface area contributed by atoms with Crippen molar-refractivity contribution in [3.05, 3.63) is 65.2 Å². The third kappa shape index (κ3) is 7.01. The van der Waals surface area contributed by atoms with Gasteiger partial charge < -0.3 is 14.8 Å². The van der Waals surface area contributed by atoms with Gasteiger partial charge in [-0.1, -0.05) is 25.1 Å². The van der Waals surface area contributed by atoms with Crippen molar-refractivity contribution >= 4 is 12.0 Å². The third-order valence-corrected chi connectivity index (χ3v) is 3.65. The minimum absolute atomic E-state index is 0.139. The minimum Gasteiger partial charge on any atom is -0.494 e. The number of carbonyl (C=O) groups is 1. The van der Waals surface area contributed by atoms with Crippen molar-refractivity contribution in [1.29, 1.82) is 0 Å². The van der Waals surface area contributed by atoms with E-state index in [0.717, 1.165) is 34.6 Å². The molecule has 2 rings (SSSR count). The molecule has 0 fully saturated rings. The second-order valence-electron chi connectivity index (χ2n) is 6.21. The molecule has 0 saturated heterocycles. The summed E-state index contributed by atoms with van der Waals surface area (Å²) in [6.45, 7) is 7.75. The van der Waals surface area contributed by atoms with Crippen LogP contribution in [-0.4, -0.2) is 25.7 Å². The SMILES string of the molecule is CCCOc1ccc(/C=C/C(=O)NCCOc2cc(C)cc(C)c2)cc1. The monoisotopic (exact) mass is 353 g/mol. The van der Waals surface area contributed by atoms with Gasteiger partial charge in [0.25, 0.3) is 0 Å². The van der Waals surface area contributed by atoms with Gasteiger partial charge in [0.05, 0.1) is 13.2 Å². The van der Waals surface area contributed by atoms with Gasteiger partial charge in [0.2, 0.25) is 5.91 Å². The maximum absolute atomic E-state index is 11.9. The highest BCUT2D eigenvalue weighted by Crippen LogP contribution is 2.16. The van der Waals surface area contributed by atoms with Crippen molar-refractivity contribution < 1.29 is 14.3 Å². The summed E-state index contributed by atoms with van der Waals surface area (Å²) >= 11 is 0. The first-order chi connectivity index (χ1) is 12.6. The molecule has 0 aliphatic heterocycles. The van der Waals surface area contributed by atoms with Crippen molar-refractivity contribution in [3.8, 4) is 11.5 Å². The molecule has 2 aromatic carbocycles. The first-order valence-electron chi connectivity index (χ1n) is 8.96. The van der Waals surface area contributed by atoms with Gasteiger partial charge in [0.1, 0.15) is 18.1 Å². The fourth-order valence-electron chi connectivity index (χ4n) is 2.49. The average molecular weight is 353 g/mol. The van der Waals surface area contributed by atoms with E-state index in [-0.39, 0.29) is 5.91 Å². The second kappa shape index (κ2) is 10.3. The lowest BCUT2D eigenvalue weighted by Crippen LogP contribution is -2.26. The van der Waals surface area contributed by atoms with Gasteiger partial charge in [0, 0.05) is 6.08 Å². The van der Waals surface area contributed by atoms with Crippen LogP contribution in [0.2, 0.25) is 0 Å². The predicted octanol–water partition coefficient (Wildman–Crippen LogP) is 4.30. The van der Waals surface area contributed by atoms with E-state index in [2.05, 4.69) is 18.3 Å². The number of ether oxygens (including phenoxy) is 2. The van der Waals surface area contributed by atoms with Crippen molar-refractivity contribution in [1.82, 2.24) is 5.32 Å². The Morgan fingerprint density at radius 2 is 1.62 bits per heavy atom. The Bertz CT molecular complexity index is 715. The molecule has 0 bridgehead atoms. The van der Waals surface area contributed by atoms with Crippen LogP contribution in [0.5, 0.6) is 11.5 Å². The molecular weight excluding hydrogens is 326 g/mol. The Labute approximate surface area is 155 Å². The van der Waals surface area contributed by atoms with Crippen LogP contribution in [-0.2, 0) is 4.79 Å². The number of hydrogen-bond donors (Lipinski definition) is 1. The lowest BCUT2D eigenvalue weighted by Gasteiger charge is -2.08. The Balaban J connectivity index is 1.71. The van der Waals surface area contributed by atoms with Crippen LogP contribution in [0.3, 0.4) is 0 Å². The Hall–Kier alpha value is -2.75. The highest BCUT2D eigenvalue weighted by Gasteiger charge is 1.99. The molecule has 0 saturated carbocycles. The molecule has 0 aliphatic carbocycles. The van der Waals surface area contributed by atoms with Gasteiger partial charge >= 0.3 is 0 Å². The van der Waals surface area contributed by atoms with E-state index in [9.17, 15) is 4.79 Å². The lowest BCUT2D eigenvalue weighted by atomic mass is 10.1. The summed E-state index contributed by atoms with van der Waals surface area (Å²) in [7, 11) is 0. The Morgan fingerprint density at radius 3 is 2.27 bits per heavy atom. The number of rotatable bonds is 9. The first kappa shape index (κ1) is 19.6. The molecule has 138 valence electrons. The summed E-state index contributed by atoms with van der Waals surface area (Å²) < 4.78 is 11.2. The molecule has 2 aromatic rings. The Morgan fingerprint density at radius 1 is 0.962 bits per heavy atom. The maximum atomic E-state index is 11.9. The molecule has 26 heavy (non-hydrogen) atoms. The molecule has 0 spiro atoms. The normalized spacial score (nSPS) is 10.7. The lowest BCUT2D eigenvalue weighted by molar-refractivity contribution is -0.116. The van der Waals surface area contributed by atoms with Gasteiger partial charge in [-0.2, -0.15) is 0 Å². The molecule has 0 radical (unpaired) electrons. The fraction of sp³-hybridized carbons (Fsp3) is 0.318. The van der Waals surface area contributed by atoms with Crippen molar-refractivity contribution in [3.63, 3.8) is 0 Å². The highest BCUT2D eigenvalue weighted by atomic mass is 16.5. The Kier molecular flexibility index (Phi) is 7.75. The summed E-state index contributed by atoms with van der Waals surface area (Å²) in [6.07, 6.45) is 4.29. The van der Waals surface area contributed by atoms with Gasteiger partial charge in [-0.15, -0.1) is 0 Å². The zero-order valence-electron chi connectivity index (χ0n) is 15.7. The molecular formula is C22H27NO3. The topological polar surface area (TPSA) is 47.6 Å². The largest absolute Gasteiger partial charge is 0.494 e. The molecule has 0 aliphatic rings. The smallest absolute Gasteiger partial charge is 0.244 e. The van der Waals surface area contributed by atoms with Crippen LogP contribution in [0, 0.1) is 13.8 Å². The van der Waals surface area contributed by atoms with Crippen molar-refractivity contribution in [2.45, 2.75) is 27.2 Å². The van der Waals surface area contributed by atoms with E-state index >= 15 is 0 Å². The summed E-state index contributed by atoms with van der Waals surface area (Å²) in [6, 6.07) is 13.7. The quantitative estimate of drug-likeness (QED) is 0.540. The van der Waals surface area contributed by atoms with E-state index in [1.165, 1.54) is 6.08 Å². The van der Waals surface area contributed by atoms with Crippen LogP contribution >= 0.6 is 0 Å². The summed E-state index contributed by atoms with van der Waals surface area (Å²) in [5.41, 5.74) is 3.28. The molecule has 0 aromatic heterocycles. The molecule has 1 amide bonds. The van der Waals surface area contributed by atoms with E-state index in [0.29, 0.717) is 19.8 Å². The minimum atomic E-state index is -0.139. The number of aryl methyl sites for hydroxylation is 2. The van der Waals surface area contributed by atoms with E-state index in [4.69, 9.17) is 9.47 Å². The summed E-state index contributed by atoms with van der Waals surface area (Å²) in [5.74, 6) is 1.54. The second-order valence-corrected chi connectivity index (χ2v) is 6.21. The number of amides is 1. The first-order valence-corrected chi connectivity index (χ1v) is 8.96. The molecule has 0 unspecified atom stereocenters. The third-order valence-electron chi connectivity index (χ3n) is 3.65. The highest BCUT2D eigenvalue weighted by molar-refractivity contribution is 5.91. The number of benzene rings is 2. The summed E-state index contributed by atoms with van der Waals surface area (Å²) in [5, 5.41) is 2.82. The molecule has 0 atom stereocenters. The van der Waals surface area contributed by atoms with E-state index in [1.807, 2.05) is 50.2 Å². The van der Waals surface area contributed by atoms with Gasteiger partial charge in [-0.25, -0.2) is 0 Å². The fourth-order valence-corrected chi connectivity index (χ4v) is 2.49. The zero-order chi connectivity index (χ0) is 18.8. The van der Waals surface area contributed by atoms with Crippen LogP contribution in [0.1, 0.15) is 30.0 Å². The van der Waals surface area contributed by atoms with Gasteiger partial charge in [-0.3, -0.25) is 4.79 Å². The van der Waals surface area contributed by atoms with Gasteiger partial charge in [-0.05, 0) is 67.3 Å². The molecule has 4 nitrogen and oxygen atoms in total. The molecule has 1 N–H and O–H groups in total. The van der Waals surface area contributed by atoms with Crippen molar-refractivity contribution in [2.24, 2.45) is 0 Å². The van der Waals surface area contributed by atoms with Crippen LogP contribution in [0.25, 0.3) is 6.08 Å². The average Bonchev–Trinajstić information content (AvgIpc) is 2.62. The molecule has 4 heteroatoms. The van der Waals surface area contributed by atoms with Crippen LogP contribution in [0.15, 0.2) is 48.5 Å². The number of hydrogen-bond acceptors (Lipinski definition) is 3. The number of carbonyl (C=O) groups excluding carboxylic acids is 1. The van der Waals surface area contributed by atoms with Crippen LogP contribution < -0.4 is 14.8 Å². The van der Waals surface area contributed by atoms with E-state index in [1.54, 1.807) is 6.08 Å². The van der Waals surface area contributed by atoms with Gasteiger partial charge in [0.15, 0.2) is 0 Å². The standard InChI is InChI=1S/C22H27NO3/c1-4-12-25-20-8-5-19(6-9-20)7-10-22(24)23-11-13-26-21-15-17(2)14-18(3)16-21/h5-10,14-16H,4,11-13H2,1-3H3,(H,23,24)/b10-7+.